The van der Waals surface area contributed by atoms with Crippen LogP contribution in [-0.4, -0.2) is 9.78 Å². The fraction of sp³-hybridized carbons (Fsp3) is 0.364. The molecule has 0 spiro atoms. The Morgan fingerprint density at radius 3 is 2.93 bits per heavy atom. The topological polar surface area (TPSA) is 17.8 Å². The number of hydrogen-bond donors (Lipinski definition) is 0. The minimum absolute atomic E-state index is 0.755. The van der Waals surface area contributed by atoms with Crippen LogP contribution in [-0.2, 0) is 7.05 Å². The van der Waals surface area contributed by atoms with Gasteiger partial charge in [0.15, 0.2) is 0 Å². The van der Waals surface area contributed by atoms with E-state index in [2.05, 4.69) is 39.4 Å². The molecule has 0 radical (unpaired) electrons. The van der Waals surface area contributed by atoms with E-state index in [9.17, 15) is 0 Å². The summed E-state index contributed by atoms with van der Waals surface area (Å²) in [4.78, 5) is 0. The van der Waals surface area contributed by atoms with Gasteiger partial charge in [-0.1, -0.05) is 15.9 Å². The summed E-state index contributed by atoms with van der Waals surface area (Å²) in [7, 11) is 1.98. The maximum atomic E-state index is 4.51. The maximum absolute atomic E-state index is 4.51. The quantitative estimate of drug-likeness (QED) is 0.760. The predicted octanol–water partition coefficient (Wildman–Crippen LogP) is 3.21. The standard InChI is InChI=1S/C11H11BrN2/c1-14-6-8-4-9(12)5-10(7-2-3-7)11(8)13-14/h4-7H,2-3H2,1H3. The first-order valence-corrected chi connectivity index (χ1v) is 5.66. The van der Waals surface area contributed by atoms with Gasteiger partial charge in [0, 0.05) is 23.1 Å². The molecule has 2 nitrogen and oxygen atoms in total. The summed E-state index contributed by atoms with van der Waals surface area (Å²) in [6.45, 7) is 0. The van der Waals surface area contributed by atoms with Gasteiger partial charge in [-0.2, -0.15) is 5.10 Å². The number of nitrogens with zero attached hydrogens (tertiary/aromatic N) is 2. The summed E-state index contributed by atoms with van der Waals surface area (Å²) >= 11 is 3.55. The van der Waals surface area contributed by atoms with Crippen LogP contribution < -0.4 is 0 Å². The second-order valence-electron chi connectivity index (χ2n) is 4.01. The number of aromatic nitrogens is 2. The molecule has 0 unspecified atom stereocenters. The van der Waals surface area contributed by atoms with Crippen LogP contribution in [0, 0.1) is 0 Å². The lowest BCUT2D eigenvalue weighted by Crippen LogP contribution is -1.87. The summed E-state index contributed by atoms with van der Waals surface area (Å²) in [5.41, 5.74) is 2.59. The average molecular weight is 251 g/mol. The smallest absolute Gasteiger partial charge is 0.0958 e. The van der Waals surface area contributed by atoms with Gasteiger partial charge in [-0.15, -0.1) is 0 Å². The third-order valence-electron chi connectivity index (χ3n) is 2.73. The first-order chi connectivity index (χ1) is 6.74. The first kappa shape index (κ1) is 8.48. The minimum atomic E-state index is 0.755. The van der Waals surface area contributed by atoms with Gasteiger partial charge in [0.05, 0.1) is 5.52 Å². The fourth-order valence-electron chi connectivity index (χ4n) is 1.95. The third kappa shape index (κ3) is 1.27. The summed E-state index contributed by atoms with van der Waals surface area (Å²) < 4.78 is 3.06. The van der Waals surface area contributed by atoms with Crippen molar-refractivity contribution < 1.29 is 0 Å². The Balaban J connectivity index is 2.33. The van der Waals surface area contributed by atoms with E-state index in [4.69, 9.17) is 0 Å². The van der Waals surface area contributed by atoms with E-state index in [1.807, 2.05) is 11.7 Å². The van der Waals surface area contributed by atoms with Crippen LogP contribution in [0.4, 0.5) is 0 Å². The van der Waals surface area contributed by atoms with E-state index < -0.39 is 0 Å². The van der Waals surface area contributed by atoms with Crippen molar-refractivity contribution in [1.82, 2.24) is 9.78 Å². The molecule has 1 saturated carbocycles. The van der Waals surface area contributed by atoms with Crippen LogP contribution in [0.15, 0.2) is 22.8 Å². The van der Waals surface area contributed by atoms with Crippen molar-refractivity contribution in [1.29, 1.82) is 0 Å². The molecule has 0 aliphatic heterocycles. The Morgan fingerprint density at radius 2 is 2.21 bits per heavy atom. The Hall–Kier alpha value is -0.830. The Morgan fingerprint density at radius 1 is 1.43 bits per heavy atom. The summed E-state index contributed by atoms with van der Waals surface area (Å²) in [6, 6.07) is 4.35. The number of fused-ring (bicyclic) bond motifs is 1. The molecule has 14 heavy (non-hydrogen) atoms. The number of aryl methyl sites for hydroxylation is 1. The predicted molar refractivity (Wildman–Crippen MR) is 60.4 cm³/mol. The van der Waals surface area contributed by atoms with Crippen molar-refractivity contribution in [2.45, 2.75) is 18.8 Å². The largest absolute Gasteiger partial charge is 0.275 e. The van der Waals surface area contributed by atoms with Crippen LogP contribution in [0.25, 0.3) is 10.9 Å². The molecule has 1 aromatic carbocycles. The van der Waals surface area contributed by atoms with E-state index in [0.29, 0.717) is 0 Å². The number of hydrogen-bond acceptors (Lipinski definition) is 1. The van der Waals surface area contributed by atoms with Gasteiger partial charge in [0.2, 0.25) is 0 Å². The van der Waals surface area contributed by atoms with Gasteiger partial charge in [0.25, 0.3) is 0 Å². The van der Waals surface area contributed by atoms with Crippen molar-refractivity contribution in [3.8, 4) is 0 Å². The molecular formula is C11H11BrN2. The molecule has 3 rings (SSSR count). The first-order valence-electron chi connectivity index (χ1n) is 4.87. The molecular weight excluding hydrogens is 240 g/mol. The van der Waals surface area contributed by atoms with E-state index in [0.717, 1.165) is 5.92 Å². The Kier molecular flexibility index (Phi) is 1.71. The second-order valence-corrected chi connectivity index (χ2v) is 4.93. The molecule has 1 aliphatic rings. The van der Waals surface area contributed by atoms with Crippen molar-refractivity contribution in [3.05, 3.63) is 28.4 Å². The summed E-state index contributed by atoms with van der Waals surface area (Å²) in [5, 5.41) is 5.75. The van der Waals surface area contributed by atoms with Gasteiger partial charge in [-0.3, -0.25) is 4.68 Å². The normalized spacial score (nSPS) is 16.4. The van der Waals surface area contributed by atoms with Gasteiger partial charge < -0.3 is 0 Å². The van der Waals surface area contributed by atoms with Crippen molar-refractivity contribution >= 4 is 26.8 Å². The van der Waals surface area contributed by atoms with E-state index in [-0.39, 0.29) is 0 Å². The molecule has 72 valence electrons. The molecule has 0 N–H and O–H groups in total. The van der Waals surface area contributed by atoms with Gasteiger partial charge in [0.1, 0.15) is 0 Å². The highest BCUT2D eigenvalue weighted by Crippen LogP contribution is 2.43. The molecule has 2 aromatic rings. The van der Waals surface area contributed by atoms with Crippen LogP contribution in [0.1, 0.15) is 24.3 Å². The number of halogens is 1. The van der Waals surface area contributed by atoms with E-state index in [1.165, 1.54) is 33.8 Å². The second kappa shape index (κ2) is 2.83. The molecule has 1 heterocycles. The van der Waals surface area contributed by atoms with Gasteiger partial charge >= 0.3 is 0 Å². The highest BCUT2D eigenvalue weighted by Gasteiger charge is 2.26. The monoisotopic (exact) mass is 250 g/mol. The van der Waals surface area contributed by atoms with Crippen LogP contribution in [0.2, 0.25) is 0 Å². The fourth-order valence-corrected chi connectivity index (χ4v) is 2.44. The lowest BCUT2D eigenvalue weighted by atomic mass is 10.1. The molecule has 1 aromatic heterocycles. The number of rotatable bonds is 1. The van der Waals surface area contributed by atoms with E-state index >= 15 is 0 Å². The Labute approximate surface area is 91.0 Å². The highest BCUT2D eigenvalue weighted by atomic mass is 79.9. The SMILES string of the molecule is Cn1cc2cc(Br)cc(C3CC3)c2n1. The van der Waals surface area contributed by atoms with Crippen molar-refractivity contribution in [2.24, 2.45) is 7.05 Å². The van der Waals surface area contributed by atoms with Gasteiger partial charge in [-0.25, -0.2) is 0 Å². The van der Waals surface area contributed by atoms with Crippen LogP contribution in [0.5, 0.6) is 0 Å². The van der Waals surface area contributed by atoms with E-state index in [1.54, 1.807) is 0 Å². The van der Waals surface area contributed by atoms with Crippen LogP contribution in [0.3, 0.4) is 0 Å². The third-order valence-corrected chi connectivity index (χ3v) is 3.19. The molecule has 0 amide bonds. The zero-order chi connectivity index (χ0) is 9.71. The molecule has 0 bridgehead atoms. The highest BCUT2D eigenvalue weighted by molar-refractivity contribution is 9.10. The maximum Gasteiger partial charge on any atom is 0.0958 e. The lowest BCUT2D eigenvalue weighted by Gasteiger charge is -2.00. The molecule has 1 aliphatic carbocycles. The Bertz CT molecular complexity index is 497. The minimum Gasteiger partial charge on any atom is -0.275 e. The van der Waals surface area contributed by atoms with Crippen molar-refractivity contribution in [3.63, 3.8) is 0 Å². The molecule has 1 fully saturated rings. The zero-order valence-corrected chi connectivity index (χ0v) is 9.58. The summed E-state index contributed by atoms with van der Waals surface area (Å²) in [5.74, 6) is 0.755. The zero-order valence-electron chi connectivity index (χ0n) is 8.00. The average Bonchev–Trinajstić information content (AvgIpc) is 2.87. The van der Waals surface area contributed by atoms with Crippen molar-refractivity contribution in [2.75, 3.05) is 0 Å². The molecule has 0 atom stereocenters. The lowest BCUT2D eigenvalue weighted by molar-refractivity contribution is 0.778. The van der Waals surface area contributed by atoms with Gasteiger partial charge in [-0.05, 0) is 36.5 Å². The summed E-state index contributed by atoms with van der Waals surface area (Å²) in [6.07, 6.45) is 4.72. The number of benzene rings is 1. The molecule has 3 heteroatoms. The van der Waals surface area contributed by atoms with Crippen LogP contribution >= 0.6 is 15.9 Å². The molecule has 0 saturated heterocycles.